The molecule has 0 aliphatic heterocycles. The highest BCUT2D eigenvalue weighted by atomic mass is 35.5. The summed E-state index contributed by atoms with van der Waals surface area (Å²) < 4.78 is 10.3. The van der Waals surface area contributed by atoms with Gasteiger partial charge in [0.2, 0.25) is 0 Å². The molecule has 2 aromatic rings. The van der Waals surface area contributed by atoms with Crippen LogP contribution < -0.4 is 27.2 Å². The second-order valence-electron chi connectivity index (χ2n) is 4.30. The van der Waals surface area contributed by atoms with Crippen molar-refractivity contribution in [3.8, 4) is 11.5 Å². The van der Waals surface area contributed by atoms with E-state index in [0.717, 1.165) is 24.6 Å². The molecule has 0 saturated carbocycles. The molecule has 0 aliphatic carbocycles. The van der Waals surface area contributed by atoms with Gasteiger partial charge in [0.1, 0.15) is 11.5 Å². The molecule has 0 heterocycles. The number of hydrogen-bond acceptors (Lipinski definition) is 3. The molecular weight excluding hydrogens is 274 g/mol. The third-order valence-corrected chi connectivity index (χ3v) is 2.98. The highest BCUT2D eigenvalue weighted by molar-refractivity contribution is 5.28. The molecule has 2 aromatic carbocycles. The first-order valence-corrected chi connectivity index (χ1v) is 6.28. The summed E-state index contributed by atoms with van der Waals surface area (Å²) in [5, 5.41) is 3.41. The normalized spacial score (nSPS) is 9.70. The molecule has 4 heteroatoms. The van der Waals surface area contributed by atoms with Crippen molar-refractivity contribution in [2.75, 3.05) is 14.2 Å². The SMILES string of the molecule is COc1ccc(CNCc2ccc(OC)cc2)cc1.[Cl-]. The van der Waals surface area contributed by atoms with Crippen LogP contribution in [0.2, 0.25) is 0 Å². The smallest absolute Gasteiger partial charge is 0.118 e. The maximum Gasteiger partial charge on any atom is 0.118 e. The molecule has 0 saturated heterocycles. The molecule has 0 radical (unpaired) electrons. The van der Waals surface area contributed by atoms with Gasteiger partial charge in [-0.25, -0.2) is 0 Å². The van der Waals surface area contributed by atoms with E-state index in [4.69, 9.17) is 9.47 Å². The van der Waals surface area contributed by atoms with Crippen LogP contribution >= 0.6 is 0 Å². The summed E-state index contributed by atoms with van der Waals surface area (Å²) in [6, 6.07) is 16.2. The fourth-order valence-corrected chi connectivity index (χ4v) is 1.84. The van der Waals surface area contributed by atoms with Gasteiger partial charge in [0.25, 0.3) is 0 Å². The summed E-state index contributed by atoms with van der Waals surface area (Å²) in [6.07, 6.45) is 0. The third kappa shape index (κ3) is 4.76. The van der Waals surface area contributed by atoms with Gasteiger partial charge >= 0.3 is 0 Å². The van der Waals surface area contributed by atoms with Gasteiger partial charge < -0.3 is 27.2 Å². The molecule has 0 fully saturated rings. The van der Waals surface area contributed by atoms with Crippen molar-refractivity contribution < 1.29 is 21.9 Å². The van der Waals surface area contributed by atoms with Gasteiger partial charge in [-0.2, -0.15) is 0 Å². The number of hydrogen-bond donors (Lipinski definition) is 1. The van der Waals surface area contributed by atoms with Gasteiger partial charge in [-0.1, -0.05) is 24.3 Å². The summed E-state index contributed by atoms with van der Waals surface area (Å²) in [5.74, 6) is 1.78. The molecule has 108 valence electrons. The molecular formula is C16H19ClNO2-. The van der Waals surface area contributed by atoms with Gasteiger partial charge in [0.05, 0.1) is 14.2 Å². The zero-order valence-corrected chi connectivity index (χ0v) is 12.5. The summed E-state index contributed by atoms with van der Waals surface area (Å²) in [5.41, 5.74) is 2.49. The molecule has 1 N–H and O–H groups in total. The first-order chi connectivity index (χ1) is 9.31. The van der Waals surface area contributed by atoms with Crippen molar-refractivity contribution in [1.29, 1.82) is 0 Å². The van der Waals surface area contributed by atoms with Crippen molar-refractivity contribution in [3.63, 3.8) is 0 Å². The summed E-state index contributed by atoms with van der Waals surface area (Å²) in [4.78, 5) is 0. The number of halogens is 1. The largest absolute Gasteiger partial charge is 1.00 e. The molecule has 0 spiro atoms. The van der Waals surface area contributed by atoms with Crippen molar-refractivity contribution in [3.05, 3.63) is 59.7 Å². The number of methoxy groups -OCH3 is 2. The Bertz CT molecular complexity index is 449. The maximum absolute atomic E-state index is 5.13. The summed E-state index contributed by atoms with van der Waals surface area (Å²) in [6.45, 7) is 1.69. The molecule has 0 atom stereocenters. The van der Waals surface area contributed by atoms with Crippen molar-refractivity contribution in [1.82, 2.24) is 5.32 Å². The summed E-state index contributed by atoms with van der Waals surface area (Å²) >= 11 is 0. The van der Waals surface area contributed by atoms with E-state index in [-0.39, 0.29) is 12.4 Å². The molecule has 0 bridgehead atoms. The fourth-order valence-electron chi connectivity index (χ4n) is 1.84. The van der Waals surface area contributed by atoms with Gasteiger partial charge in [-0.05, 0) is 35.4 Å². The molecule has 0 unspecified atom stereocenters. The predicted molar refractivity (Wildman–Crippen MR) is 76.5 cm³/mol. The second-order valence-corrected chi connectivity index (χ2v) is 4.30. The highest BCUT2D eigenvalue weighted by Gasteiger charge is 1.96. The van der Waals surface area contributed by atoms with E-state index in [0.29, 0.717) is 0 Å². The minimum Gasteiger partial charge on any atom is -1.00 e. The topological polar surface area (TPSA) is 30.5 Å². The average Bonchev–Trinajstić information content (AvgIpc) is 2.49. The van der Waals surface area contributed by atoms with Crippen LogP contribution in [0.15, 0.2) is 48.5 Å². The predicted octanol–water partition coefficient (Wildman–Crippen LogP) is -0.00240. The number of benzene rings is 2. The van der Waals surface area contributed by atoms with Crippen LogP contribution in [0, 0.1) is 0 Å². The van der Waals surface area contributed by atoms with Crippen LogP contribution in [-0.4, -0.2) is 14.2 Å². The second kappa shape index (κ2) is 8.46. The number of nitrogens with one attached hydrogen (secondary N) is 1. The Kier molecular flexibility index (Phi) is 6.91. The van der Waals surface area contributed by atoms with E-state index < -0.39 is 0 Å². The lowest BCUT2D eigenvalue weighted by Gasteiger charge is -2.07. The fraction of sp³-hybridized carbons (Fsp3) is 0.250. The van der Waals surface area contributed by atoms with Crippen LogP contribution in [0.1, 0.15) is 11.1 Å². The standard InChI is InChI=1S/C16H19NO2.ClH/c1-18-15-7-3-13(4-8-15)11-17-12-14-5-9-16(19-2)10-6-14;/h3-10,17H,11-12H2,1-2H3;1H/p-1. The molecule has 0 aliphatic rings. The summed E-state index contributed by atoms with van der Waals surface area (Å²) in [7, 11) is 3.36. The van der Waals surface area contributed by atoms with E-state index in [1.807, 2.05) is 24.3 Å². The van der Waals surface area contributed by atoms with Crippen LogP contribution in [0.4, 0.5) is 0 Å². The minimum absolute atomic E-state index is 0. The molecule has 0 aromatic heterocycles. The van der Waals surface area contributed by atoms with Gasteiger partial charge in [-0.15, -0.1) is 0 Å². The molecule has 20 heavy (non-hydrogen) atoms. The molecule has 3 nitrogen and oxygen atoms in total. The quantitative estimate of drug-likeness (QED) is 0.813. The van der Waals surface area contributed by atoms with Crippen molar-refractivity contribution >= 4 is 0 Å². The first kappa shape index (κ1) is 16.3. The van der Waals surface area contributed by atoms with Gasteiger partial charge in [0.15, 0.2) is 0 Å². The average molecular weight is 293 g/mol. The van der Waals surface area contributed by atoms with Crippen LogP contribution in [-0.2, 0) is 13.1 Å². The minimum atomic E-state index is 0. The zero-order valence-electron chi connectivity index (χ0n) is 11.7. The Balaban J connectivity index is 0.00000200. The lowest BCUT2D eigenvalue weighted by Crippen LogP contribution is -3.00. The van der Waals surface area contributed by atoms with Crippen LogP contribution in [0.3, 0.4) is 0 Å². The monoisotopic (exact) mass is 292 g/mol. The maximum atomic E-state index is 5.13. The Morgan fingerprint density at radius 1 is 0.700 bits per heavy atom. The van der Waals surface area contributed by atoms with Crippen molar-refractivity contribution in [2.45, 2.75) is 13.1 Å². The zero-order chi connectivity index (χ0) is 13.5. The number of rotatable bonds is 6. The van der Waals surface area contributed by atoms with Crippen LogP contribution in [0.5, 0.6) is 11.5 Å². The Hall–Kier alpha value is -1.71. The van der Waals surface area contributed by atoms with E-state index >= 15 is 0 Å². The molecule has 2 rings (SSSR count). The lowest BCUT2D eigenvalue weighted by atomic mass is 10.2. The van der Waals surface area contributed by atoms with E-state index in [1.54, 1.807) is 14.2 Å². The van der Waals surface area contributed by atoms with Crippen molar-refractivity contribution in [2.24, 2.45) is 0 Å². The highest BCUT2D eigenvalue weighted by Crippen LogP contribution is 2.12. The Morgan fingerprint density at radius 2 is 1.05 bits per heavy atom. The lowest BCUT2D eigenvalue weighted by molar-refractivity contribution is -0.00000454. The van der Waals surface area contributed by atoms with Gasteiger partial charge in [0, 0.05) is 13.1 Å². The van der Waals surface area contributed by atoms with E-state index in [2.05, 4.69) is 29.6 Å². The Morgan fingerprint density at radius 3 is 1.35 bits per heavy atom. The van der Waals surface area contributed by atoms with Crippen LogP contribution in [0.25, 0.3) is 0 Å². The first-order valence-electron chi connectivity index (χ1n) is 6.28. The van der Waals surface area contributed by atoms with E-state index in [1.165, 1.54) is 11.1 Å². The number of ether oxygens (including phenoxy) is 2. The Labute approximate surface area is 126 Å². The third-order valence-electron chi connectivity index (χ3n) is 2.98. The van der Waals surface area contributed by atoms with Gasteiger partial charge in [-0.3, -0.25) is 0 Å². The van der Waals surface area contributed by atoms with E-state index in [9.17, 15) is 0 Å². The molecule has 0 amide bonds.